The maximum atomic E-state index is 12.4. The van der Waals surface area contributed by atoms with Gasteiger partial charge in [-0.3, -0.25) is 4.79 Å². The summed E-state index contributed by atoms with van der Waals surface area (Å²) in [6.45, 7) is 7.34. The van der Waals surface area contributed by atoms with Gasteiger partial charge in [-0.15, -0.1) is 0 Å². The molecule has 6 nitrogen and oxygen atoms in total. The van der Waals surface area contributed by atoms with Crippen molar-refractivity contribution >= 4 is 55.1 Å². The van der Waals surface area contributed by atoms with Gasteiger partial charge in [0.15, 0.2) is 0 Å². The van der Waals surface area contributed by atoms with Gasteiger partial charge in [-0.05, 0) is 25.2 Å². The number of rotatable bonds is 15. The van der Waals surface area contributed by atoms with Crippen LogP contribution in [-0.4, -0.2) is 72.1 Å². The minimum atomic E-state index is -0.106. The molecule has 0 aromatic carbocycles. The number of hydrogen-bond acceptors (Lipinski definition) is 7. The van der Waals surface area contributed by atoms with Crippen molar-refractivity contribution in [3.63, 3.8) is 0 Å². The molecule has 28 heavy (non-hydrogen) atoms. The number of nitrogens with zero attached hydrogens (tertiary/aromatic N) is 1. The predicted octanol–water partition coefficient (Wildman–Crippen LogP) is 3.43. The summed E-state index contributed by atoms with van der Waals surface area (Å²) < 4.78 is 0. The van der Waals surface area contributed by atoms with Crippen LogP contribution in [0.1, 0.15) is 39.5 Å². The monoisotopic (exact) mass is 468 g/mol. The number of carbonyl (C=O) groups is 2. The third-order valence-electron chi connectivity index (χ3n) is 4.34. The quantitative estimate of drug-likeness (QED) is 0.251. The molecule has 1 aliphatic heterocycles. The summed E-state index contributed by atoms with van der Waals surface area (Å²) in [6.07, 6.45) is 3.79. The SMILES string of the molecule is CC[C@@H]1C[C@@H](C)CN1C(=O)CCCSSCCNC(=O)NCCSSCCN. The van der Waals surface area contributed by atoms with Crippen molar-refractivity contribution in [3.05, 3.63) is 0 Å². The van der Waals surface area contributed by atoms with Crippen LogP contribution in [0.2, 0.25) is 0 Å². The number of nitrogens with two attached hydrogens (primary N) is 1. The zero-order chi connectivity index (χ0) is 20.6. The van der Waals surface area contributed by atoms with Gasteiger partial charge in [0, 0.05) is 61.7 Å². The summed E-state index contributed by atoms with van der Waals surface area (Å²) in [6, 6.07) is 0.343. The Hall–Kier alpha value is 0.1000. The summed E-state index contributed by atoms with van der Waals surface area (Å²) in [4.78, 5) is 26.1. The van der Waals surface area contributed by atoms with Crippen molar-refractivity contribution in [2.75, 3.05) is 49.2 Å². The van der Waals surface area contributed by atoms with Crippen molar-refractivity contribution in [1.29, 1.82) is 0 Å². The third kappa shape index (κ3) is 11.9. The topological polar surface area (TPSA) is 87.5 Å². The summed E-state index contributed by atoms with van der Waals surface area (Å²) in [5.41, 5.74) is 5.42. The molecule has 0 aromatic rings. The average Bonchev–Trinajstić information content (AvgIpc) is 3.07. The van der Waals surface area contributed by atoms with Crippen molar-refractivity contribution in [2.24, 2.45) is 11.7 Å². The molecule has 0 radical (unpaired) electrons. The van der Waals surface area contributed by atoms with E-state index in [4.69, 9.17) is 5.73 Å². The Bertz CT molecular complexity index is 446. The molecule has 0 spiro atoms. The Kier molecular flexibility index (Phi) is 15.7. The van der Waals surface area contributed by atoms with Crippen molar-refractivity contribution in [2.45, 2.75) is 45.6 Å². The van der Waals surface area contributed by atoms with E-state index in [0.29, 0.717) is 43.9 Å². The van der Waals surface area contributed by atoms with Gasteiger partial charge in [0.1, 0.15) is 0 Å². The molecule has 4 N–H and O–H groups in total. The molecule has 164 valence electrons. The third-order valence-corrected chi connectivity index (χ3v) is 9.28. The molecule has 10 heteroatoms. The fourth-order valence-corrected chi connectivity index (χ4v) is 6.79. The lowest BCUT2D eigenvalue weighted by atomic mass is 10.1. The Morgan fingerprint density at radius 2 is 1.64 bits per heavy atom. The van der Waals surface area contributed by atoms with Gasteiger partial charge in [-0.1, -0.05) is 57.0 Å². The molecule has 2 atom stereocenters. The number of likely N-dealkylation sites (tertiary alicyclic amines) is 1. The molecular weight excluding hydrogens is 432 g/mol. The normalized spacial score (nSPS) is 19.0. The molecule has 0 bridgehead atoms. The zero-order valence-electron chi connectivity index (χ0n) is 17.1. The van der Waals surface area contributed by atoms with E-state index in [1.54, 1.807) is 43.2 Å². The highest BCUT2D eigenvalue weighted by Gasteiger charge is 2.31. The molecule has 1 fully saturated rings. The first-order valence-corrected chi connectivity index (χ1v) is 15.1. The second kappa shape index (κ2) is 16.8. The summed E-state index contributed by atoms with van der Waals surface area (Å²) in [7, 11) is 7.00. The predicted molar refractivity (Wildman–Crippen MR) is 129 cm³/mol. The van der Waals surface area contributed by atoms with Crippen LogP contribution < -0.4 is 16.4 Å². The second-order valence-corrected chi connectivity index (χ2v) is 12.2. The standard InChI is InChI=1S/C18H36N4O2S4/c1-3-16-13-15(2)14-22(16)17(23)5-4-9-25-27-11-7-20-18(24)21-8-12-28-26-10-6-19/h15-16H,3-14,19H2,1-2H3,(H2,20,21,24)/t15-,16-/m1/s1. The van der Waals surface area contributed by atoms with E-state index in [1.807, 2.05) is 0 Å². The number of carbonyl (C=O) groups excluding carboxylic acids is 2. The van der Waals surface area contributed by atoms with Gasteiger partial charge in [-0.2, -0.15) is 0 Å². The Morgan fingerprint density at radius 1 is 1.04 bits per heavy atom. The van der Waals surface area contributed by atoms with Crippen LogP contribution in [0, 0.1) is 5.92 Å². The van der Waals surface area contributed by atoms with Crippen LogP contribution in [-0.2, 0) is 4.79 Å². The van der Waals surface area contributed by atoms with Crippen LogP contribution in [0.3, 0.4) is 0 Å². The zero-order valence-corrected chi connectivity index (χ0v) is 20.4. The van der Waals surface area contributed by atoms with Crippen molar-refractivity contribution in [1.82, 2.24) is 15.5 Å². The van der Waals surface area contributed by atoms with Crippen LogP contribution >= 0.6 is 43.2 Å². The smallest absolute Gasteiger partial charge is 0.314 e. The number of amides is 3. The summed E-state index contributed by atoms with van der Waals surface area (Å²) >= 11 is 0. The summed E-state index contributed by atoms with van der Waals surface area (Å²) in [5, 5.41) is 5.71. The minimum absolute atomic E-state index is 0.106. The largest absolute Gasteiger partial charge is 0.339 e. The Balaban J connectivity index is 1.91. The molecule has 0 saturated carbocycles. The molecule has 0 aromatic heterocycles. The van der Waals surface area contributed by atoms with Crippen LogP contribution in [0.4, 0.5) is 4.79 Å². The van der Waals surface area contributed by atoms with Gasteiger partial charge in [0.25, 0.3) is 0 Å². The number of urea groups is 1. The Labute approximate surface area is 186 Å². The van der Waals surface area contributed by atoms with E-state index < -0.39 is 0 Å². The fourth-order valence-electron chi connectivity index (χ4n) is 3.03. The van der Waals surface area contributed by atoms with E-state index >= 15 is 0 Å². The maximum absolute atomic E-state index is 12.4. The number of hydrogen-bond donors (Lipinski definition) is 3. The van der Waals surface area contributed by atoms with Crippen LogP contribution in [0.15, 0.2) is 0 Å². The summed E-state index contributed by atoms with van der Waals surface area (Å²) in [5.74, 6) is 4.62. The highest BCUT2D eigenvalue weighted by Crippen LogP contribution is 2.27. The Morgan fingerprint density at radius 3 is 2.25 bits per heavy atom. The van der Waals surface area contributed by atoms with E-state index in [1.165, 1.54) is 0 Å². The molecule has 1 rings (SSSR count). The molecular formula is C18H36N4O2S4. The second-order valence-electron chi connectivity index (χ2n) is 6.81. The highest BCUT2D eigenvalue weighted by molar-refractivity contribution is 8.77. The number of nitrogens with one attached hydrogen (secondary N) is 2. The molecule has 3 amide bonds. The first-order chi connectivity index (χ1) is 13.6. The van der Waals surface area contributed by atoms with Crippen LogP contribution in [0.25, 0.3) is 0 Å². The van der Waals surface area contributed by atoms with Gasteiger partial charge >= 0.3 is 6.03 Å². The van der Waals surface area contributed by atoms with Crippen molar-refractivity contribution in [3.8, 4) is 0 Å². The van der Waals surface area contributed by atoms with E-state index in [2.05, 4.69) is 29.4 Å². The van der Waals surface area contributed by atoms with E-state index in [-0.39, 0.29) is 6.03 Å². The molecule has 1 heterocycles. The minimum Gasteiger partial charge on any atom is -0.339 e. The first kappa shape index (κ1) is 26.1. The van der Waals surface area contributed by atoms with Gasteiger partial charge in [0.05, 0.1) is 0 Å². The van der Waals surface area contributed by atoms with Crippen molar-refractivity contribution < 1.29 is 9.59 Å². The van der Waals surface area contributed by atoms with Gasteiger partial charge in [0.2, 0.25) is 5.91 Å². The highest BCUT2D eigenvalue weighted by atomic mass is 33.1. The molecule has 1 aliphatic rings. The average molecular weight is 469 g/mol. The van der Waals surface area contributed by atoms with Gasteiger partial charge in [-0.25, -0.2) is 4.79 Å². The van der Waals surface area contributed by atoms with Crippen LogP contribution in [0.5, 0.6) is 0 Å². The van der Waals surface area contributed by atoms with Gasteiger partial charge < -0.3 is 21.3 Å². The lowest BCUT2D eigenvalue weighted by Gasteiger charge is -2.23. The molecule has 0 aliphatic carbocycles. The lowest BCUT2D eigenvalue weighted by Crippen LogP contribution is -2.37. The molecule has 0 unspecified atom stereocenters. The van der Waals surface area contributed by atoms with E-state index in [9.17, 15) is 9.59 Å². The first-order valence-electron chi connectivity index (χ1n) is 10.1. The maximum Gasteiger partial charge on any atom is 0.314 e. The van der Waals surface area contributed by atoms with E-state index in [0.717, 1.165) is 48.8 Å². The molecule has 1 saturated heterocycles. The lowest BCUT2D eigenvalue weighted by molar-refractivity contribution is -0.132. The fraction of sp³-hybridized carbons (Fsp3) is 0.889.